The molecule has 2 aromatic carbocycles. The van der Waals surface area contributed by atoms with Crippen LogP contribution in [0.3, 0.4) is 0 Å². The lowest BCUT2D eigenvalue weighted by Gasteiger charge is -2.02. The molecule has 0 unspecified atom stereocenters. The lowest BCUT2D eigenvalue weighted by Crippen LogP contribution is -2.00. The van der Waals surface area contributed by atoms with Gasteiger partial charge in [-0.1, -0.05) is 24.3 Å². The van der Waals surface area contributed by atoms with Gasteiger partial charge in [-0.15, -0.1) is 0 Å². The molecule has 4 rings (SSSR count). The Balaban J connectivity index is 1.65. The molecule has 25 heavy (non-hydrogen) atoms. The molecule has 0 aliphatic heterocycles. The summed E-state index contributed by atoms with van der Waals surface area (Å²) in [7, 11) is 0. The van der Waals surface area contributed by atoms with Crippen molar-refractivity contribution in [2.45, 2.75) is 6.54 Å². The quantitative estimate of drug-likeness (QED) is 0.601. The second-order valence-electron chi connectivity index (χ2n) is 5.82. The van der Waals surface area contributed by atoms with E-state index in [0.29, 0.717) is 0 Å². The van der Waals surface area contributed by atoms with Gasteiger partial charge in [-0.05, 0) is 42.0 Å². The molecular weight excluding hydrogens is 317 g/mol. The van der Waals surface area contributed by atoms with E-state index in [1.165, 1.54) is 0 Å². The number of aryl methyl sites for hydroxylation is 1. The smallest absolute Gasteiger partial charge is 0.116 e. The highest BCUT2D eigenvalue weighted by Crippen LogP contribution is 2.20. The predicted octanol–water partition coefficient (Wildman–Crippen LogP) is 4.43. The minimum Gasteiger partial charge on any atom is -0.508 e. The third kappa shape index (κ3) is 3.08. The minimum atomic E-state index is -0.437. The maximum absolute atomic E-state index is 12.6. The Morgan fingerprint density at radius 3 is 2.76 bits per heavy atom. The maximum atomic E-state index is 12.6. The SMILES string of the molecule is Oc1ccc2nc(/C=C/c3ccc4cnn(CCF)c4c3)ccc2c1. The zero-order valence-electron chi connectivity index (χ0n) is 13.4. The lowest BCUT2D eigenvalue weighted by atomic mass is 10.1. The molecule has 0 atom stereocenters. The normalized spacial score (nSPS) is 11.7. The fraction of sp³-hybridized carbons (Fsp3) is 0.100. The predicted molar refractivity (Wildman–Crippen MR) is 98.0 cm³/mol. The number of alkyl halides is 1. The van der Waals surface area contributed by atoms with E-state index in [2.05, 4.69) is 10.1 Å². The van der Waals surface area contributed by atoms with Crippen LogP contribution in [-0.2, 0) is 6.54 Å². The molecule has 0 saturated heterocycles. The number of benzene rings is 2. The van der Waals surface area contributed by atoms with Crippen LogP contribution in [0.2, 0.25) is 0 Å². The molecule has 2 heterocycles. The van der Waals surface area contributed by atoms with Crippen molar-refractivity contribution < 1.29 is 9.50 Å². The Morgan fingerprint density at radius 2 is 1.88 bits per heavy atom. The number of hydrogen-bond acceptors (Lipinski definition) is 3. The first-order valence-electron chi connectivity index (χ1n) is 8.02. The van der Waals surface area contributed by atoms with Crippen LogP contribution in [0.4, 0.5) is 4.39 Å². The summed E-state index contributed by atoms with van der Waals surface area (Å²) in [4.78, 5) is 4.57. The van der Waals surface area contributed by atoms with Gasteiger partial charge in [0.1, 0.15) is 12.4 Å². The molecule has 0 saturated carbocycles. The van der Waals surface area contributed by atoms with E-state index in [1.807, 2.05) is 42.5 Å². The number of halogens is 1. The fourth-order valence-corrected chi connectivity index (χ4v) is 2.85. The van der Waals surface area contributed by atoms with E-state index in [-0.39, 0.29) is 12.3 Å². The van der Waals surface area contributed by atoms with Crippen molar-refractivity contribution in [2.75, 3.05) is 6.67 Å². The van der Waals surface area contributed by atoms with Crippen molar-refractivity contribution in [1.29, 1.82) is 0 Å². The Hall–Kier alpha value is -3.21. The third-order valence-electron chi connectivity index (χ3n) is 4.11. The van der Waals surface area contributed by atoms with E-state index < -0.39 is 6.67 Å². The maximum Gasteiger partial charge on any atom is 0.116 e. The van der Waals surface area contributed by atoms with Gasteiger partial charge in [0, 0.05) is 10.8 Å². The van der Waals surface area contributed by atoms with Crippen molar-refractivity contribution in [3.8, 4) is 5.75 Å². The largest absolute Gasteiger partial charge is 0.508 e. The second kappa shape index (κ2) is 6.36. The average Bonchev–Trinajstić information content (AvgIpc) is 3.02. The summed E-state index contributed by atoms with van der Waals surface area (Å²) in [6.45, 7) is -0.177. The van der Waals surface area contributed by atoms with Gasteiger partial charge in [-0.3, -0.25) is 4.68 Å². The molecule has 1 N–H and O–H groups in total. The highest BCUT2D eigenvalue weighted by Gasteiger charge is 2.03. The molecule has 5 heteroatoms. The number of pyridine rings is 1. The Bertz CT molecular complexity index is 1080. The highest BCUT2D eigenvalue weighted by atomic mass is 19.1. The van der Waals surface area contributed by atoms with Gasteiger partial charge in [0.2, 0.25) is 0 Å². The van der Waals surface area contributed by atoms with E-state index in [9.17, 15) is 9.50 Å². The summed E-state index contributed by atoms with van der Waals surface area (Å²) in [5.41, 5.74) is 3.58. The van der Waals surface area contributed by atoms with Crippen LogP contribution in [0.1, 0.15) is 11.3 Å². The first-order valence-corrected chi connectivity index (χ1v) is 8.02. The van der Waals surface area contributed by atoms with Crippen molar-refractivity contribution >= 4 is 34.0 Å². The number of phenols is 1. The number of rotatable bonds is 4. The van der Waals surface area contributed by atoms with Crippen LogP contribution in [0.25, 0.3) is 34.0 Å². The summed E-state index contributed by atoms with van der Waals surface area (Å²) in [5.74, 6) is 0.232. The van der Waals surface area contributed by atoms with Gasteiger partial charge in [-0.25, -0.2) is 9.37 Å². The van der Waals surface area contributed by atoms with E-state index in [4.69, 9.17) is 0 Å². The van der Waals surface area contributed by atoms with Crippen molar-refractivity contribution in [3.63, 3.8) is 0 Å². The molecule has 0 fully saturated rings. The monoisotopic (exact) mass is 333 g/mol. The molecule has 2 aromatic heterocycles. The van der Waals surface area contributed by atoms with Gasteiger partial charge in [-0.2, -0.15) is 5.10 Å². The van der Waals surface area contributed by atoms with E-state index in [0.717, 1.165) is 33.1 Å². The number of aromatic nitrogens is 3. The Labute approximate surface area is 143 Å². The first-order chi connectivity index (χ1) is 12.2. The summed E-state index contributed by atoms with van der Waals surface area (Å²) < 4.78 is 14.3. The standard InChI is InChI=1S/C20H16FN3O/c21-9-10-24-20-11-14(1-3-16(20)13-22-24)2-5-17-6-4-15-12-18(25)7-8-19(15)23-17/h1-8,11-13,25H,9-10H2/b5-2+. The molecule has 4 nitrogen and oxygen atoms in total. The number of fused-ring (bicyclic) bond motifs is 2. The summed E-state index contributed by atoms with van der Waals surface area (Å²) in [5, 5.41) is 15.6. The van der Waals surface area contributed by atoms with E-state index in [1.54, 1.807) is 29.1 Å². The highest BCUT2D eigenvalue weighted by molar-refractivity contribution is 5.84. The van der Waals surface area contributed by atoms with Crippen LogP contribution in [0, 0.1) is 0 Å². The zero-order chi connectivity index (χ0) is 17.2. The van der Waals surface area contributed by atoms with Gasteiger partial charge in [0.05, 0.1) is 29.5 Å². The molecule has 0 aliphatic rings. The van der Waals surface area contributed by atoms with Crippen LogP contribution in [-0.4, -0.2) is 26.5 Å². The van der Waals surface area contributed by atoms with Gasteiger partial charge in [0.25, 0.3) is 0 Å². The van der Waals surface area contributed by atoms with Crippen molar-refractivity contribution in [1.82, 2.24) is 14.8 Å². The summed E-state index contributed by atoms with van der Waals surface area (Å²) >= 11 is 0. The molecule has 0 spiro atoms. The average molecular weight is 333 g/mol. The fourth-order valence-electron chi connectivity index (χ4n) is 2.85. The molecule has 0 bridgehead atoms. The second-order valence-corrected chi connectivity index (χ2v) is 5.82. The van der Waals surface area contributed by atoms with Crippen molar-refractivity contribution in [3.05, 3.63) is 66.0 Å². The number of hydrogen-bond donors (Lipinski definition) is 1. The summed E-state index contributed by atoms with van der Waals surface area (Å²) in [6, 6.07) is 14.9. The Morgan fingerprint density at radius 1 is 1.00 bits per heavy atom. The molecule has 0 amide bonds. The number of nitrogens with zero attached hydrogens (tertiary/aromatic N) is 3. The van der Waals surface area contributed by atoms with Crippen LogP contribution in [0.5, 0.6) is 5.75 Å². The number of aromatic hydroxyl groups is 1. The molecule has 0 radical (unpaired) electrons. The molecule has 0 aliphatic carbocycles. The van der Waals surface area contributed by atoms with E-state index >= 15 is 0 Å². The van der Waals surface area contributed by atoms with Crippen LogP contribution in [0.15, 0.2) is 54.7 Å². The molecule has 4 aromatic rings. The van der Waals surface area contributed by atoms with Crippen LogP contribution < -0.4 is 0 Å². The third-order valence-corrected chi connectivity index (χ3v) is 4.11. The summed E-state index contributed by atoms with van der Waals surface area (Å²) in [6.07, 6.45) is 5.66. The van der Waals surface area contributed by atoms with Gasteiger partial charge in [0.15, 0.2) is 0 Å². The van der Waals surface area contributed by atoms with Crippen LogP contribution >= 0.6 is 0 Å². The zero-order valence-corrected chi connectivity index (χ0v) is 13.4. The minimum absolute atomic E-state index is 0.232. The molecular formula is C20H16FN3O. The first kappa shape index (κ1) is 15.3. The van der Waals surface area contributed by atoms with Crippen molar-refractivity contribution in [2.24, 2.45) is 0 Å². The number of phenolic OH excluding ortho intramolecular Hbond substituents is 1. The Kier molecular flexibility index (Phi) is 3.90. The molecule has 124 valence electrons. The van der Waals surface area contributed by atoms with Gasteiger partial charge < -0.3 is 5.11 Å². The topological polar surface area (TPSA) is 50.9 Å². The lowest BCUT2D eigenvalue weighted by molar-refractivity contribution is 0.433. The van der Waals surface area contributed by atoms with Gasteiger partial charge >= 0.3 is 0 Å².